The molecule has 2 amide bonds. The second kappa shape index (κ2) is 9.60. The SMILES string of the molecule is CC(C)CC(NC(=O)C(CO)NC(=O)c1coc2ccccc2c1=O)C(=O)C1(CO)CO1. The minimum Gasteiger partial charge on any atom is -0.463 e. The Balaban J connectivity index is 1.74. The van der Waals surface area contributed by atoms with Crippen molar-refractivity contribution < 1.29 is 33.8 Å². The number of hydrogen-bond acceptors (Lipinski definition) is 8. The zero-order valence-electron chi connectivity index (χ0n) is 17.8. The van der Waals surface area contributed by atoms with Crippen LogP contribution >= 0.6 is 0 Å². The summed E-state index contributed by atoms with van der Waals surface area (Å²) in [5.41, 5.74) is -1.92. The monoisotopic (exact) mass is 446 g/mol. The van der Waals surface area contributed by atoms with Crippen LogP contribution in [0.3, 0.4) is 0 Å². The number of ketones is 1. The fraction of sp³-hybridized carbons (Fsp3) is 0.455. The van der Waals surface area contributed by atoms with E-state index in [0.29, 0.717) is 5.58 Å². The van der Waals surface area contributed by atoms with Crippen LogP contribution in [0.15, 0.2) is 39.7 Å². The summed E-state index contributed by atoms with van der Waals surface area (Å²) in [4.78, 5) is 50.7. The van der Waals surface area contributed by atoms with Crippen LogP contribution in [0.25, 0.3) is 11.0 Å². The predicted molar refractivity (Wildman–Crippen MR) is 113 cm³/mol. The predicted octanol–water partition coefficient (Wildman–Crippen LogP) is -0.255. The van der Waals surface area contributed by atoms with Crippen molar-refractivity contribution in [1.82, 2.24) is 10.6 Å². The maximum Gasteiger partial charge on any atom is 0.259 e. The fourth-order valence-corrected chi connectivity index (χ4v) is 3.36. The molecule has 172 valence electrons. The molecule has 0 aliphatic carbocycles. The minimum atomic E-state index is -1.42. The smallest absolute Gasteiger partial charge is 0.259 e. The van der Waals surface area contributed by atoms with Gasteiger partial charge in [-0.1, -0.05) is 26.0 Å². The number of aliphatic hydroxyl groups excluding tert-OH is 2. The maximum absolute atomic E-state index is 12.7. The number of carbonyl (C=O) groups excluding carboxylic acids is 3. The first-order chi connectivity index (χ1) is 15.2. The van der Waals surface area contributed by atoms with E-state index < -0.39 is 53.9 Å². The molecule has 0 bridgehead atoms. The largest absolute Gasteiger partial charge is 0.463 e. The number of ether oxygens (including phenoxy) is 1. The molecule has 0 spiro atoms. The topological polar surface area (TPSA) is 158 Å². The molecule has 1 fully saturated rings. The zero-order chi connectivity index (χ0) is 23.5. The van der Waals surface area contributed by atoms with E-state index in [1.54, 1.807) is 18.2 Å². The van der Waals surface area contributed by atoms with Gasteiger partial charge in [-0.3, -0.25) is 19.2 Å². The highest BCUT2D eigenvalue weighted by molar-refractivity contribution is 6.01. The average molecular weight is 446 g/mol. The number of para-hydroxylation sites is 1. The minimum absolute atomic E-state index is 0.0307. The summed E-state index contributed by atoms with van der Waals surface area (Å²) >= 11 is 0. The van der Waals surface area contributed by atoms with Gasteiger partial charge in [-0.2, -0.15) is 0 Å². The lowest BCUT2D eigenvalue weighted by Crippen LogP contribution is -2.56. The maximum atomic E-state index is 12.7. The standard InChI is InChI=1S/C22H26N2O8/c1-12(2)7-15(19(28)22(10-26)11-32-22)23-21(30)16(8-25)24-20(29)14-9-31-17-6-4-3-5-13(17)18(14)27/h3-6,9,12,15-16,25-26H,7-8,10-11H2,1-2H3,(H,23,30)(H,24,29). The number of fused-ring (bicyclic) bond motifs is 1. The molecule has 0 radical (unpaired) electrons. The number of carbonyl (C=O) groups is 3. The van der Waals surface area contributed by atoms with E-state index in [9.17, 15) is 29.4 Å². The Bertz CT molecular complexity index is 1070. The summed E-state index contributed by atoms with van der Waals surface area (Å²) in [6.07, 6.45) is 1.27. The van der Waals surface area contributed by atoms with Gasteiger partial charge in [0, 0.05) is 0 Å². The molecule has 2 heterocycles. The summed E-state index contributed by atoms with van der Waals surface area (Å²) in [6.45, 7) is 2.51. The highest BCUT2D eigenvalue weighted by Crippen LogP contribution is 2.30. The summed E-state index contributed by atoms with van der Waals surface area (Å²) in [7, 11) is 0. The fourth-order valence-electron chi connectivity index (χ4n) is 3.36. The van der Waals surface area contributed by atoms with Crippen molar-refractivity contribution in [2.24, 2.45) is 5.92 Å². The van der Waals surface area contributed by atoms with E-state index in [1.165, 1.54) is 6.07 Å². The first-order valence-corrected chi connectivity index (χ1v) is 10.2. The van der Waals surface area contributed by atoms with Crippen molar-refractivity contribution in [1.29, 1.82) is 0 Å². The van der Waals surface area contributed by atoms with E-state index in [2.05, 4.69) is 10.6 Å². The van der Waals surface area contributed by atoms with Crippen LogP contribution < -0.4 is 16.1 Å². The van der Waals surface area contributed by atoms with Gasteiger partial charge in [0.25, 0.3) is 5.91 Å². The summed E-state index contributed by atoms with van der Waals surface area (Å²) in [5, 5.41) is 24.1. The molecule has 1 aromatic heterocycles. The molecule has 2 aromatic rings. The molecule has 3 unspecified atom stereocenters. The molecule has 10 heteroatoms. The Morgan fingerprint density at radius 1 is 1.12 bits per heavy atom. The van der Waals surface area contributed by atoms with Crippen molar-refractivity contribution in [2.75, 3.05) is 19.8 Å². The Hall–Kier alpha value is -3.08. The van der Waals surface area contributed by atoms with Crippen LogP contribution in [0.4, 0.5) is 0 Å². The first-order valence-electron chi connectivity index (χ1n) is 10.2. The van der Waals surface area contributed by atoms with Crippen LogP contribution in [0.2, 0.25) is 0 Å². The average Bonchev–Trinajstić information content (AvgIpc) is 3.57. The van der Waals surface area contributed by atoms with Gasteiger partial charge in [0.2, 0.25) is 11.3 Å². The Morgan fingerprint density at radius 3 is 2.41 bits per heavy atom. The lowest BCUT2D eigenvalue weighted by atomic mass is 9.92. The van der Waals surface area contributed by atoms with Crippen LogP contribution in [0, 0.1) is 5.92 Å². The Kier molecular flexibility index (Phi) is 7.07. The number of hydrogen-bond donors (Lipinski definition) is 4. The number of nitrogens with one attached hydrogen (secondary N) is 2. The molecule has 1 saturated heterocycles. The van der Waals surface area contributed by atoms with Gasteiger partial charge in [0.15, 0.2) is 11.4 Å². The van der Waals surface area contributed by atoms with E-state index in [0.717, 1.165) is 6.26 Å². The molecule has 32 heavy (non-hydrogen) atoms. The number of Topliss-reactive ketones (excluding diaryl/α,β-unsaturated/α-hetero) is 1. The normalized spacial score (nSPS) is 19.4. The molecule has 10 nitrogen and oxygen atoms in total. The highest BCUT2D eigenvalue weighted by atomic mass is 16.6. The van der Waals surface area contributed by atoms with Gasteiger partial charge < -0.3 is 30.0 Å². The van der Waals surface area contributed by atoms with E-state index >= 15 is 0 Å². The van der Waals surface area contributed by atoms with Gasteiger partial charge in [-0.25, -0.2) is 0 Å². The second-order valence-corrected chi connectivity index (χ2v) is 8.18. The molecule has 1 aliphatic heterocycles. The molecule has 4 N–H and O–H groups in total. The quantitative estimate of drug-likeness (QED) is 0.364. The van der Waals surface area contributed by atoms with Gasteiger partial charge in [0.1, 0.15) is 23.5 Å². The van der Waals surface area contributed by atoms with E-state index in [-0.39, 0.29) is 29.9 Å². The lowest BCUT2D eigenvalue weighted by Gasteiger charge is -2.24. The van der Waals surface area contributed by atoms with Crippen molar-refractivity contribution >= 4 is 28.6 Å². The third kappa shape index (κ3) is 4.87. The van der Waals surface area contributed by atoms with Gasteiger partial charge in [-0.05, 0) is 24.5 Å². The third-order valence-corrected chi connectivity index (χ3v) is 5.27. The Morgan fingerprint density at radius 2 is 1.81 bits per heavy atom. The first kappa shape index (κ1) is 23.6. The summed E-state index contributed by atoms with van der Waals surface area (Å²) < 4.78 is 10.4. The number of aliphatic hydroxyl groups is 2. The highest BCUT2D eigenvalue weighted by Gasteiger charge is 2.54. The lowest BCUT2D eigenvalue weighted by molar-refractivity contribution is -0.133. The molecule has 1 aromatic carbocycles. The van der Waals surface area contributed by atoms with Crippen LogP contribution in [-0.2, 0) is 14.3 Å². The number of rotatable bonds is 10. The van der Waals surface area contributed by atoms with E-state index in [1.807, 2.05) is 13.8 Å². The van der Waals surface area contributed by atoms with Gasteiger partial charge in [-0.15, -0.1) is 0 Å². The van der Waals surface area contributed by atoms with Crippen LogP contribution in [0.5, 0.6) is 0 Å². The zero-order valence-corrected chi connectivity index (χ0v) is 17.8. The van der Waals surface area contributed by atoms with Crippen molar-refractivity contribution in [3.63, 3.8) is 0 Å². The summed E-state index contributed by atoms with van der Waals surface area (Å²) in [6, 6.07) is 4.00. The van der Waals surface area contributed by atoms with Crippen LogP contribution in [-0.4, -0.2) is 65.3 Å². The molecular formula is C22H26N2O8. The number of epoxide rings is 1. The molecular weight excluding hydrogens is 420 g/mol. The molecule has 3 atom stereocenters. The van der Waals surface area contributed by atoms with Crippen molar-refractivity contribution in [2.45, 2.75) is 38.0 Å². The second-order valence-electron chi connectivity index (χ2n) is 8.18. The van der Waals surface area contributed by atoms with Gasteiger partial charge in [0.05, 0.1) is 31.2 Å². The molecule has 0 saturated carbocycles. The Labute approximate surface area is 183 Å². The van der Waals surface area contributed by atoms with Crippen molar-refractivity contribution in [3.05, 3.63) is 46.3 Å². The number of amides is 2. The van der Waals surface area contributed by atoms with Crippen molar-refractivity contribution in [3.8, 4) is 0 Å². The van der Waals surface area contributed by atoms with Gasteiger partial charge >= 0.3 is 0 Å². The third-order valence-electron chi connectivity index (χ3n) is 5.27. The van der Waals surface area contributed by atoms with E-state index in [4.69, 9.17) is 9.15 Å². The number of benzene rings is 1. The molecule has 1 aliphatic rings. The van der Waals surface area contributed by atoms with Crippen LogP contribution in [0.1, 0.15) is 30.6 Å². The molecule has 3 rings (SSSR count). The summed E-state index contributed by atoms with van der Waals surface area (Å²) in [5.74, 6) is -2.15.